The second-order valence-electron chi connectivity index (χ2n) is 4.74. The van der Waals surface area contributed by atoms with Crippen molar-refractivity contribution in [1.29, 1.82) is 0 Å². The van der Waals surface area contributed by atoms with Gasteiger partial charge in [0.25, 0.3) is 0 Å². The molecule has 1 saturated carbocycles. The molecule has 1 aliphatic carbocycles. The monoisotopic (exact) mass is 207 g/mol. The Bertz CT molecular complexity index is 298. The molecule has 0 saturated heterocycles. The van der Waals surface area contributed by atoms with Gasteiger partial charge in [0.1, 0.15) is 0 Å². The van der Waals surface area contributed by atoms with Crippen LogP contribution in [0.4, 0.5) is 0 Å². The molecule has 0 bridgehead atoms. The highest BCUT2D eigenvalue weighted by Crippen LogP contribution is 2.28. The molecule has 0 spiro atoms. The van der Waals surface area contributed by atoms with E-state index in [1.54, 1.807) is 0 Å². The highest BCUT2D eigenvalue weighted by molar-refractivity contribution is 5.02. The van der Waals surface area contributed by atoms with Gasteiger partial charge in [-0.25, -0.2) is 4.98 Å². The van der Waals surface area contributed by atoms with Crippen molar-refractivity contribution in [3.63, 3.8) is 0 Å². The van der Waals surface area contributed by atoms with Crippen LogP contribution in [0.15, 0.2) is 12.5 Å². The fourth-order valence-electron chi connectivity index (χ4n) is 2.52. The van der Waals surface area contributed by atoms with E-state index in [2.05, 4.69) is 9.55 Å². The van der Waals surface area contributed by atoms with E-state index in [1.165, 1.54) is 32.1 Å². The zero-order valence-electron chi connectivity index (χ0n) is 9.52. The third-order valence-electron chi connectivity index (χ3n) is 3.46. The maximum atomic E-state index is 5.88. The van der Waals surface area contributed by atoms with Crippen molar-refractivity contribution in [2.75, 3.05) is 0 Å². The summed E-state index contributed by atoms with van der Waals surface area (Å²) in [5.74, 6) is 0.938. The van der Waals surface area contributed by atoms with Gasteiger partial charge < -0.3 is 10.3 Å². The van der Waals surface area contributed by atoms with Crippen LogP contribution in [-0.4, -0.2) is 9.55 Å². The molecule has 2 N–H and O–H groups in total. The first-order chi connectivity index (χ1) is 7.27. The molecule has 0 radical (unpaired) electrons. The Morgan fingerprint density at radius 1 is 1.53 bits per heavy atom. The summed E-state index contributed by atoms with van der Waals surface area (Å²) in [6, 6.07) is 0.0936. The predicted octanol–water partition coefficient (Wildman–Crippen LogP) is 2.48. The average molecular weight is 207 g/mol. The Balaban J connectivity index is 1.89. The maximum absolute atomic E-state index is 5.88. The number of nitrogens with zero attached hydrogens (tertiary/aromatic N) is 2. The van der Waals surface area contributed by atoms with Gasteiger partial charge in [0.2, 0.25) is 0 Å². The van der Waals surface area contributed by atoms with E-state index in [1.807, 2.05) is 19.4 Å². The Morgan fingerprint density at radius 2 is 2.27 bits per heavy atom. The van der Waals surface area contributed by atoms with Gasteiger partial charge in [0.05, 0.1) is 12.0 Å². The number of nitrogens with two attached hydrogens (primary N) is 1. The molecule has 1 heterocycles. The van der Waals surface area contributed by atoms with E-state index in [-0.39, 0.29) is 6.04 Å². The number of hydrogen-bond acceptors (Lipinski definition) is 2. The number of aromatic nitrogens is 2. The summed E-state index contributed by atoms with van der Waals surface area (Å²) in [6.07, 6.45) is 10.8. The first kappa shape index (κ1) is 10.7. The number of rotatable bonds is 4. The molecule has 15 heavy (non-hydrogen) atoms. The van der Waals surface area contributed by atoms with Crippen LogP contribution in [0.3, 0.4) is 0 Å². The molecule has 2 rings (SSSR count). The molecule has 0 aromatic carbocycles. The number of aryl methyl sites for hydroxylation is 1. The smallest absolute Gasteiger partial charge is 0.0948 e. The summed E-state index contributed by atoms with van der Waals surface area (Å²) < 4.78 is 2.21. The van der Waals surface area contributed by atoms with Crippen molar-refractivity contribution in [3.8, 4) is 0 Å². The molecule has 3 heteroatoms. The van der Waals surface area contributed by atoms with E-state index in [0.29, 0.717) is 0 Å². The molecular formula is C12H21N3. The van der Waals surface area contributed by atoms with Crippen LogP contribution in [0.2, 0.25) is 0 Å². The largest absolute Gasteiger partial charge is 0.333 e. The van der Waals surface area contributed by atoms with Gasteiger partial charge >= 0.3 is 0 Å². The van der Waals surface area contributed by atoms with Gasteiger partial charge in [0.15, 0.2) is 0 Å². The summed E-state index contributed by atoms with van der Waals surface area (Å²) in [6.45, 7) is 3.10. The van der Waals surface area contributed by atoms with E-state index in [4.69, 9.17) is 5.73 Å². The van der Waals surface area contributed by atoms with Crippen LogP contribution in [0.5, 0.6) is 0 Å². The summed E-state index contributed by atoms with van der Waals surface area (Å²) in [5.41, 5.74) is 7.04. The van der Waals surface area contributed by atoms with Crippen molar-refractivity contribution >= 4 is 0 Å². The van der Waals surface area contributed by atoms with Gasteiger partial charge in [-0.15, -0.1) is 0 Å². The van der Waals surface area contributed by atoms with Crippen molar-refractivity contribution < 1.29 is 0 Å². The van der Waals surface area contributed by atoms with Gasteiger partial charge in [0, 0.05) is 18.8 Å². The van der Waals surface area contributed by atoms with E-state index in [9.17, 15) is 0 Å². The van der Waals surface area contributed by atoms with Crippen molar-refractivity contribution in [2.45, 2.75) is 51.6 Å². The Labute approximate surface area is 91.7 Å². The fourth-order valence-corrected chi connectivity index (χ4v) is 2.52. The van der Waals surface area contributed by atoms with Gasteiger partial charge in [-0.05, 0) is 19.3 Å². The molecule has 1 fully saturated rings. The van der Waals surface area contributed by atoms with Crippen LogP contribution < -0.4 is 5.73 Å². The number of hydrogen-bond donors (Lipinski definition) is 1. The lowest BCUT2D eigenvalue weighted by Crippen LogP contribution is -2.13. The van der Waals surface area contributed by atoms with Crippen molar-refractivity contribution in [2.24, 2.45) is 11.7 Å². The molecule has 1 atom stereocenters. The van der Waals surface area contributed by atoms with Crippen molar-refractivity contribution in [1.82, 2.24) is 9.55 Å². The number of imidazole rings is 1. The summed E-state index contributed by atoms with van der Waals surface area (Å²) in [5, 5.41) is 0. The topological polar surface area (TPSA) is 43.8 Å². The lowest BCUT2D eigenvalue weighted by molar-refractivity contribution is 0.449. The standard InChI is InChI=1S/C12H21N3/c1-10(13)12-8-14-9-15(12)7-6-11-4-2-3-5-11/h8-11H,2-7,13H2,1H3/t10-/m0/s1. The highest BCUT2D eigenvalue weighted by Gasteiger charge is 2.15. The van der Waals surface area contributed by atoms with Gasteiger partial charge in [-0.1, -0.05) is 25.7 Å². The zero-order valence-corrected chi connectivity index (χ0v) is 9.52. The normalized spacial score (nSPS) is 19.6. The quantitative estimate of drug-likeness (QED) is 0.824. The molecule has 0 aliphatic heterocycles. The Hall–Kier alpha value is -0.830. The first-order valence-corrected chi connectivity index (χ1v) is 6.03. The van der Waals surface area contributed by atoms with E-state index < -0.39 is 0 Å². The van der Waals surface area contributed by atoms with Crippen LogP contribution in [0.25, 0.3) is 0 Å². The molecule has 0 amide bonds. The third kappa shape index (κ3) is 2.59. The molecular weight excluding hydrogens is 186 g/mol. The third-order valence-corrected chi connectivity index (χ3v) is 3.46. The SMILES string of the molecule is C[C@H](N)c1cncn1CCC1CCCC1. The Morgan fingerprint density at radius 3 is 2.93 bits per heavy atom. The summed E-state index contributed by atoms with van der Waals surface area (Å²) >= 11 is 0. The minimum atomic E-state index is 0.0936. The molecule has 1 aromatic rings. The highest BCUT2D eigenvalue weighted by atomic mass is 15.1. The van der Waals surface area contributed by atoms with Crippen molar-refractivity contribution in [3.05, 3.63) is 18.2 Å². The Kier molecular flexibility index (Phi) is 3.41. The average Bonchev–Trinajstić information content (AvgIpc) is 2.86. The second-order valence-corrected chi connectivity index (χ2v) is 4.74. The lowest BCUT2D eigenvalue weighted by atomic mass is 10.0. The first-order valence-electron chi connectivity index (χ1n) is 6.03. The molecule has 1 aliphatic rings. The minimum Gasteiger partial charge on any atom is -0.333 e. The molecule has 84 valence electrons. The van der Waals surface area contributed by atoms with Gasteiger partial charge in [-0.3, -0.25) is 0 Å². The predicted molar refractivity (Wildman–Crippen MR) is 61.4 cm³/mol. The summed E-state index contributed by atoms with van der Waals surface area (Å²) in [7, 11) is 0. The van der Waals surface area contributed by atoms with Crippen LogP contribution in [0.1, 0.15) is 50.8 Å². The van der Waals surface area contributed by atoms with E-state index >= 15 is 0 Å². The molecule has 0 unspecified atom stereocenters. The second kappa shape index (κ2) is 4.79. The molecule has 1 aromatic heterocycles. The van der Waals surface area contributed by atoms with Crippen LogP contribution >= 0.6 is 0 Å². The fraction of sp³-hybridized carbons (Fsp3) is 0.750. The van der Waals surface area contributed by atoms with Crippen LogP contribution in [0, 0.1) is 5.92 Å². The lowest BCUT2D eigenvalue weighted by Gasteiger charge is -2.13. The zero-order chi connectivity index (χ0) is 10.7. The van der Waals surface area contributed by atoms with Crippen LogP contribution in [-0.2, 0) is 6.54 Å². The van der Waals surface area contributed by atoms with Gasteiger partial charge in [-0.2, -0.15) is 0 Å². The van der Waals surface area contributed by atoms with E-state index in [0.717, 1.165) is 18.2 Å². The minimum absolute atomic E-state index is 0.0936. The maximum Gasteiger partial charge on any atom is 0.0948 e. The summed E-state index contributed by atoms with van der Waals surface area (Å²) in [4.78, 5) is 4.17. The molecule has 3 nitrogen and oxygen atoms in total.